The summed E-state index contributed by atoms with van der Waals surface area (Å²) in [4.78, 5) is 21.7. The molecule has 98 valence electrons. The maximum Gasteiger partial charge on any atom is 0.304 e. The van der Waals surface area contributed by atoms with Crippen LogP contribution in [-0.2, 0) is 14.6 Å². The van der Waals surface area contributed by atoms with Gasteiger partial charge in [0, 0.05) is 5.56 Å². The Labute approximate surface area is 113 Å². The number of halogens is 1. The summed E-state index contributed by atoms with van der Waals surface area (Å²) in [6.45, 7) is 0. The molecule has 1 rings (SSSR count). The van der Waals surface area contributed by atoms with E-state index < -0.39 is 28.0 Å². The fourth-order valence-corrected chi connectivity index (χ4v) is 2.82. The van der Waals surface area contributed by atoms with Gasteiger partial charge >= 0.3 is 5.97 Å². The molecule has 1 N–H and O–H groups in total. The van der Waals surface area contributed by atoms with Crippen LogP contribution >= 0.6 is 15.9 Å². The van der Waals surface area contributed by atoms with Gasteiger partial charge in [0.05, 0.1) is 22.4 Å². The van der Waals surface area contributed by atoms with Gasteiger partial charge in [0.1, 0.15) is 0 Å². The second kappa shape index (κ2) is 6.10. The number of carbonyl (C=O) groups excluding carboxylic acids is 1. The molecule has 0 aromatic heterocycles. The highest BCUT2D eigenvalue weighted by atomic mass is 79.9. The van der Waals surface area contributed by atoms with E-state index in [0.29, 0.717) is 5.56 Å². The van der Waals surface area contributed by atoms with Crippen molar-refractivity contribution in [3.05, 3.63) is 29.8 Å². The molecule has 0 aliphatic carbocycles. The third-order valence-corrected chi connectivity index (χ3v) is 4.48. The van der Waals surface area contributed by atoms with Gasteiger partial charge in [-0.3, -0.25) is 9.59 Å². The molecule has 0 bridgehead atoms. The Morgan fingerprint density at radius 1 is 1.17 bits per heavy atom. The lowest BCUT2D eigenvalue weighted by atomic mass is 10.2. The summed E-state index contributed by atoms with van der Waals surface area (Å²) in [5, 5.41) is 8.62. The maximum atomic E-state index is 11.7. The highest BCUT2D eigenvalue weighted by Gasteiger charge is 2.16. The molecule has 0 atom stereocenters. The Bertz CT molecular complexity index is 547. The van der Waals surface area contributed by atoms with E-state index in [2.05, 4.69) is 15.9 Å². The second-order valence-corrected chi connectivity index (χ2v) is 6.21. The van der Waals surface area contributed by atoms with Gasteiger partial charge in [0.2, 0.25) is 0 Å². The lowest BCUT2D eigenvalue weighted by Crippen LogP contribution is -2.11. The van der Waals surface area contributed by atoms with Gasteiger partial charge in [-0.1, -0.05) is 28.1 Å². The van der Waals surface area contributed by atoms with Gasteiger partial charge in [0.15, 0.2) is 15.6 Å². The zero-order chi connectivity index (χ0) is 13.8. The highest BCUT2D eigenvalue weighted by Crippen LogP contribution is 2.14. The number of Topliss-reactive ketones (excluding diaryl/α,β-unsaturated/α-hetero) is 1. The van der Waals surface area contributed by atoms with Crippen LogP contribution in [0.3, 0.4) is 0 Å². The minimum atomic E-state index is -3.61. The smallest absolute Gasteiger partial charge is 0.304 e. The van der Waals surface area contributed by atoms with Crippen LogP contribution in [0.2, 0.25) is 0 Å². The first-order valence-corrected chi connectivity index (χ1v) is 7.78. The summed E-state index contributed by atoms with van der Waals surface area (Å²) in [6.07, 6.45) is -0.440. The van der Waals surface area contributed by atoms with Crippen LogP contribution in [0.25, 0.3) is 0 Å². The average Bonchev–Trinajstić information content (AvgIpc) is 2.36. The Kier molecular flexibility index (Phi) is 5.03. The Morgan fingerprint density at radius 2 is 1.72 bits per heavy atom. The summed E-state index contributed by atoms with van der Waals surface area (Å²) in [6, 6.07) is 5.45. The predicted octanol–water partition coefficient (Wildman–Crippen LogP) is 1.51. The van der Waals surface area contributed by atoms with E-state index in [9.17, 15) is 18.0 Å². The van der Waals surface area contributed by atoms with Crippen molar-refractivity contribution in [1.82, 2.24) is 0 Å². The number of carboxylic acids is 1. The number of hydrogen-bond acceptors (Lipinski definition) is 4. The predicted molar refractivity (Wildman–Crippen MR) is 68.9 cm³/mol. The van der Waals surface area contributed by atoms with Crippen molar-refractivity contribution in [2.75, 3.05) is 11.1 Å². The van der Waals surface area contributed by atoms with Crippen LogP contribution in [0.1, 0.15) is 16.8 Å². The largest absolute Gasteiger partial charge is 0.481 e. The minimum Gasteiger partial charge on any atom is -0.481 e. The van der Waals surface area contributed by atoms with Crippen LogP contribution in [-0.4, -0.2) is 36.4 Å². The van der Waals surface area contributed by atoms with E-state index >= 15 is 0 Å². The number of aliphatic carboxylic acids is 1. The van der Waals surface area contributed by atoms with E-state index in [1.165, 1.54) is 24.3 Å². The number of hydrogen-bond donors (Lipinski definition) is 1. The van der Waals surface area contributed by atoms with Crippen molar-refractivity contribution >= 4 is 37.5 Å². The molecule has 0 unspecified atom stereocenters. The molecule has 1 aromatic carbocycles. The van der Waals surface area contributed by atoms with E-state index in [-0.39, 0.29) is 16.0 Å². The van der Waals surface area contributed by atoms with Crippen molar-refractivity contribution in [2.45, 2.75) is 11.3 Å². The molecule has 7 heteroatoms. The lowest BCUT2D eigenvalue weighted by Gasteiger charge is -2.03. The average molecular weight is 335 g/mol. The molecule has 0 aliphatic heterocycles. The summed E-state index contributed by atoms with van der Waals surface area (Å²) < 4.78 is 23.5. The van der Waals surface area contributed by atoms with Crippen LogP contribution in [0.4, 0.5) is 0 Å². The normalized spacial score (nSPS) is 11.2. The molecule has 0 aliphatic rings. The first-order chi connectivity index (χ1) is 8.36. The van der Waals surface area contributed by atoms with Crippen LogP contribution in [0.15, 0.2) is 29.2 Å². The van der Waals surface area contributed by atoms with Crippen LogP contribution in [0, 0.1) is 0 Å². The number of rotatable bonds is 6. The molecule has 0 amide bonds. The van der Waals surface area contributed by atoms with Crippen LogP contribution < -0.4 is 0 Å². The summed E-state index contributed by atoms with van der Waals surface area (Å²) in [7, 11) is -3.61. The number of alkyl halides is 1. The Hall–Kier alpha value is -1.21. The Morgan fingerprint density at radius 3 is 2.17 bits per heavy atom. The number of carbonyl (C=O) groups is 2. The van der Waals surface area contributed by atoms with Crippen LogP contribution in [0.5, 0.6) is 0 Å². The quantitative estimate of drug-likeness (QED) is 0.629. The SMILES string of the molecule is O=C(O)CCS(=O)(=O)c1ccc(C(=O)CBr)cc1. The zero-order valence-electron chi connectivity index (χ0n) is 9.30. The number of carboxylic acid groups (broad SMARTS) is 1. The van der Waals surface area contributed by atoms with Gasteiger partial charge in [0.25, 0.3) is 0 Å². The fraction of sp³-hybridized carbons (Fsp3) is 0.273. The first-order valence-electron chi connectivity index (χ1n) is 5.00. The van der Waals surface area contributed by atoms with E-state index in [4.69, 9.17) is 5.11 Å². The van der Waals surface area contributed by atoms with Gasteiger partial charge in [-0.15, -0.1) is 0 Å². The molecule has 0 radical (unpaired) electrons. The Balaban J connectivity index is 2.91. The third-order valence-electron chi connectivity index (χ3n) is 2.24. The number of sulfone groups is 1. The van der Waals surface area contributed by atoms with Crippen molar-refractivity contribution in [3.63, 3.8) is 0 Å². The van der Waals surface area contributed by atoms with Crippen molar-refractivity contribution in [1.29, 1.82) is 0 Å². The van der Waals surface area contributed by atoms with E-state index in [1.807, 2.05) is 0 Å². The topological polar surface area (TPSA) is 88.5 Å². The molecule has 0 heterocycles. The molecule has 0 spiro atoms. The van der Waals surface area contributed by atoms with Crippen molar-refractivity contribution in [2.24, 2.45) is 0 Å². The highest BCUT2D eigenvalue weighted by molar-refractivity contribution is 9.09. The van der Waals surface area contributed by atoms with Crippen molar-refractivity contribution in [3.8, 4) is 0 Å². The number of benzene rings is 1. The molecule has 0 fully saturated rings. The standard InChI is InChI=1S/C11H11BrO5S/c12-7-10(13)8-1-3-9(4-2-8)18(16,17)6-5-11(14)15/h1-4H,5-7H2,(H,14,15). The molecule has 0 saturated carbocycles. The maximum absolute atomic E-state index is 11.7. The van der Waals surface area contributed by atoms with E-state index in [1.54, 1.807) is 0 Å². The summed E-state index contributed by atoms with van der Waals surface area (Å²) >= 11 is 3.02. The molecular formula is C11H11BrO5S. The molecule has 0 saturated heterocycles. The number of ketones is 1. The van der Waals surface area contributed by atoms with Gasteiger partial charge in [-0.2, -0.15) is 0 Å². The zero-order valence-corrected chi connectivity index (χ0v) is 11.7. The monoisotopic (exact) mass is 334 g/mol. The molecule has 5 nitrogen and oxygen atoms in total. The van der Waals surface area contributed by atoms with Gasteiger partial charge < -0.3 is 5.11 Å². The third kappa shape index (κ3) is 3.92. The summed E-state index contributed by atoms with van der Waals surface area (Å²) in [5.74, 6) is -1.76. The van der Waals surface area contributed by atoms with Crippen molar-refractivity contribution < 1.29 is 23.1 Å². The second-order valence-electron chi connectivity index (χ2n) is 3.54. The fourth-order valence-electron chi connectivity index (χ4n) is 1.26. The first kappa shape index (κ1) is 14.8. The summed E-state index contributed by atoms with van der Waals surface area (Å²) in [5.41, 5.74) is 0.407. The molecule has 1 aromatic rings. The molecular weight excluding hydrogens is 324 g/mol. The minimum absolute atomic E-state index is 0.0230. The van der Waals surface area contributed by atoms with Gasteiger partial charge in [-0.05, 0) is 12.1 Å². The molecule has 18 heavy (non-hydrogen) atoms. The lowest BCUT2D eigenvalue weighted by molar-refractivity contribution is -0.136. The van der Waals surface area contributed by atoms with E-state index in [0.717, 1.165) is 0 Å². The van der Waals surface area contributed by atoms with Gasteiger partial charge in [-0.25, -0.2) is 8.42 Å².